The fraction of sp³-hybridized carbons (Fsp3) is 0.667. The first-order valence-electron chi connectivity index (χ1n) is 7.33. The number of carbonyl (C=O) groups excluding carboxylic acids is 1. The molecule has 1 saturated carbocycles. The van der Waals surface area contributed by atoms with Crippen LogP contribution in [-0.2, 0) is 6.54 Å². The van der Waals surface area contributed by atoms with Crippen LogP contribution in [-0.4, -0.2) is 34.2 Å². The number of alkyl halides is 2. The summed E-state index contributed by atoms with van der Waals surface area (Å²) in [4.78, 5) is 12.1. The first-order valence-corrected chi connectivity index (χ1v) is 7.33. The number of carbonyl (C=O) groups is 1. The second-order valence-electron chi connectivity index (χ2n) is 6.03. The third-order valence-electron chi connectivity index (χ3n) is 4.18. The number of nitrogens with one attached hydrogen (secondary N) is 1. The maximum Gasteiger partial charge on any atom is 0.268 e. The van der Waals surface area contributed by atoms with Crippen LogP contribution >= 0.6 is 0 Å². The van der Waals surface area contributed by atoms with Crippen LogP contribution < -0.4 is 5.32 Å². The van der Waals surface area contributed by atoms with Crippen molar-refractivity contribution < 1.29 is 18.7 Å². The first kappa shape index (κ1) is 15.9. The summed E-state index contributed by atoms with van der Waals surface area (Å²) in [6.07, 6.45) is 2.15. The standard InChI is InChI=1S/C15H22F2N2O2/c1-11-4-6-15(21,7-5-11)10-18-14(20)12-3-2-8-19(12)9-13(16)17/h2-3,8,11,13,21H,4-7,9-10H2,1H3,(H,18,20). The molecule has 6 heteroatoms. The molecule has 0 aliphatic heterocycles. The van der Waals surface area contributed by atoms with Crippen LogP contribution in [0.1, 0.15) is 43.1 Å². The molecule has 0 radical (unpaired) electrons. The molecule has 0 saturated heterocycles. The van der Waals surface area contributed by atoms with Crippen molar-refractivity contribution >= 4 is 5.91 Å². The van der Waals surface area contributed by atoms with E-state index in [0.29, 0.717) is 18.8 Å². The molecular formula is C15H22F2N2O2. The number of halogens is 2. The predicted molar refractivity (Wildman–Crippen MR) is 75.4 cm³/mol. The lowest BCUT2D eigenvalue weighted by Gasteiger charge is -2.34. The van der Waals surface area contributed by atoms with Crippen molar-refractivity contribution in [2.75, 3.05) is 6.54 Å². The highest BCUT2D eigenvalue weighted by Crippen LogP contribution is 2.31. The normalized spacial score (nSPS) is 26.0. The summed E-state index contributed by atoms with van der Waals surface area (Å²) in [6.45, 7) is 1.81. The molecule has 0 unspecified atom stereocenters. The zero-order chi connectivity index (χ0) is 15.5. The molecule has 1 fully saturated rings. The van der Waals surface area contributed by atoms with Gasteiger partial charge in [0.05, 0.1) is 12.1 Å². The van der Waals surface area contributed by atoms with E-state index in [-0.39, 0.29) is 12.2 Å². The molecule has 118 valence electrons. The van der Waals surface area contributed by atoms with Gasteiger partial charge in [-0.25, -0.2) is 8.78 Å². The zero-order valence-electron chi connectivity index (χ0n) is 12.2. The fourth-order valence-electron chi connectivity index (χ4n) is 2.74. The first-order chi connectivity index (χ1) is 9.89. The second kappa shape index (κ2) is 6.56. The van der Waals surface area contributed by atoms with Gasteiger partial charge in [-0.3, -0.25) is 4.79 Å². The minimum atomic E-state index is -2.51. The summed E-state index contributed by atoms with van der Waals surface area (Å²) in [5.41, 5.74) is -0.675. The summed E-state index contributed by atoms with van der Waals surface area (Å²) >= 11 is 0. The van der Waals surface area contributed by atoms with Gasteiger partial charge in [0.2, 0.25) is 0 Å². The maximum absolute atomic E-state index is 12.4. The molecule has 2 rings (SSSR count). The van der Waals surface area contributed by atoms with Gasteiger partial charge in [0.25, 0.3) is 12.3 Å². The molecule has 1 heterocycles. The van der Waals surface area contributed by atoms with Crippen molar-refractivity contribution in [3.05, 3.63) is 24.0 Å². The Kier molecular flexibility index (Phi) is 4.98. The Morgan fingerprint density at radius 2 is 2.19 bits per heavy atom. The van der Waals surface area contributed by atoms with Crippen molar-refractivity contribution in [2.24, 2.45) is 5.92 Å². The zero-order valence-corrected chi connectivity index (χ0v) is 12.2. The number of nitrogens with zero attached hydrogens (tertiary/aromatic N) is 1. The van der Waals surface area contributed by atoms with Crippen molar-refractivity contribution in [3.63, 3.8) is 0 Å². The van der Waals surface area contributed by atoms with Gasteiger partial charge < -0.3 is 15.0 Å². The van der Waals surface area contributed by atoms with Crippen LogP contribution in [0.25, 0.3) is 0 Å². The van der Waals surface area contributed by atoms with E-state index in [1.807, 2.05) is 0 Å². The van der Waals surface area contributed by atoms with Gasteiger partial charge in [-0.1, -0.05) is 6.92 Å². The van der Waals surface area contributed by atoms with E-state index in [2.05, 4.69) is 12.2 Å². The molecule has 1 aromatic rings. The summed E-state index contributed by atoms with van der Waals surface area (Å²) in [5.74, 6) is 0.178. The lowest BCUT2D eigenvalue weighted by Crippen LogP contribution is -2.45. The van der Waals surface area contributed by atoms with Gasteiger partial charge in [0.15, 0.2) is 0 Å². The molecule has 1 amide bonds. The lowest BCUT2D eigenvalue weighted by atomic mass is 9.79. The molecule has 0 atom stereocenters. The highest BCUT2D eigenvalue weighted by molar-refractivity contribution is 5.92. The largest absolute Gasteiger partial charge is 0.388 e. The molecular weight excluding hydrogens is 278 g/mol. The number of amides is 1. The fourth-order valence-corrected chi connectivity index (χ4v) is 2.74. The number of rotatable bonds is 5. The topological polar surface area (TPSA) is 54.3 Å². The van der Waals surface area contributed by atoms with Crippen LogP contribution in [0.15, 0.2) is 18.3 Å². The molecule has 21 heavy (non-hydrogen) atoms. The lowest BCUT2D eigenvalue weighted by molar-refractivity contribution is -0.00550. The van der Waals surface area contributed by atoms with Gasteiger partial charge in [-0.05, 0) is 43.7 Å². The summed E-state index contributed by atoms with van der Waals surface area (Å²) in [5, 5.41) is 13.1. The van der Waals surface area contributed by atoms with E-state index in [9.17, 15) is 18.7 Å². The van der Waals surface area contributed by atoms with Gasteiger partial charge in [-0.15, -0.1) is 0 Å². The van der Waals surface area contributed by atoms with Gasteiger partial charge in [0.1, 0.15) is 5.69 Å². The second-order valence-corrected chi connectivity index (χ2v) is 6.03. The average molecular weight is 300 g/mol. The van der Waals surface area contributed by atoms with Crippen molar-refractivity contribution in [3.8, 4) is 0 Å². The summed E-state index contributed by atoms with van der Waals surface area (Å²) in [6, 6.07) is 3.07. The Morgan fingerprint density at radius 1 is 1.52 bits per heavy atom. The Balaban J connectivity index is 1.91. The smallest absolute Gasteiger partial charge is 0.268 e. The quantitative estimate of drug-likeness (QED) is 0.877. The van der Waals surface area contributed by atoms with E-state index >= 15 is 0 Å². The highest BCUT2D eigenvalue weighted by atomic mass is 19.3. The van der Waals surface area contributed by atoms with Crippen LogP contribution in [0.3, 0.4) is 0 Å². The molecule has 1 aromatic heterocycles. The van der Waals surface area contributed by atoms with Crippen LogP contribution in [0.4, 0.5) is 8.78 Å². The molecule has 2 N–H and O–H groups in total. The number of hydrogen-bond acceptors (Lipinski definition) is 2. The van der Waals surface area contributed by atoms with E-state index in [1.54, 1.807) is 6.07 Å². The predicted octanol–water partition coefficient (Wildman–Crippen LogP) is 2.42. The van der Waals surface area contributed by atoms with Gasteiger partial charge >= 0.3 is 0 Å². The van der Waals surface area contributed by atoms with Crippen LogP contribution in [0, 0.1) is 5.92 Å². The number of aliphatic hydroxyl groups is 1. The van der Waals surface area contributed by atoms with Crippen molar-refractivity contribution in [1.82, 2.24) is 9.88 Å². The Bertz CT molecular complexity index is 480. The SMILES string of the molecule is CC1CCC(O)(CNC(=O)c2cccn2CC(F)F)CC1. The Hall–Kier alpha value is -1.43. The summed E-state index contributed by atoms with van der Waals surface area (Å²) < 4.78 is 26.1. The van der Waals surface area contributed by atoms with Crippen molar-refractivity contribution in [2.45, 2.75) is 51.2 Å². The van der Waals surface area contributed by atoms with E-state index in [1.165, 1.54) is 16.8 Å². The van der Waals surface area contributed by atoms with Gasteiger partial charge in [-0.2, -0.15) is 0 Å². The third-order valence-corrected chi connectivity index (χ3v) is 4.18. The van der Waals surface area contributed by atoms with Crippen LogP contribution in [0.2, 0.25) is 0 Å². The Morgan fingerprint density at radius 3 is 2.81 bits per heavy atom. The monoisotopic (exact) mass is 300 g/mol. The van der Waals surface area contributed by atoms with E-state index in [4.69, 9.17) is 0 Å². The molecule has 1 aliphatic rings. The number of hydrogen-bond donors (Lipinski definition) is 2. The minimum Gasteiger partial charge on any atom is -0.388 e. The highest BCUT2D eigenvalue weighted by Gasteiger charge is 2.32. The molecule has 0 bridgehead atoms. The third kappa shape index (κ3) is 4.27. The summed E-state index contributed by atoms with van der Waals surface area (Å²) in [7, 11) is 0. The molecule has 4 nitrogen and oxygen atoms in total. The van der Waals surface area contributed by atoms with Crippen molar-refractivity contribution in [1.29, 1.82) is 0 Å². The van der Waals surface area contributed by atoms with E-state index < -0.39 is 24.5 Å². The minimum absolute atomic E-state index is 0.165. The average Bonchev–Trinajstić information content (AvgIpc) is 2.87. The molecule has 1 aliphatic carbocycles. The maximum atomic E-state index is 12.4. The van der Waals surface area contributed by atoms with Gasteiger partial charge in [0, 0.05) is 12.7 Å². The van der Waals surface area contributed by atoms with E-state index in [0.717, 1.165) is 12.8 Å². The number of aromatic nitrogens is 1. The molecule has 0 aromatic carbocycles. The van der Waals surface area contributed by atoms with Crippen LogP contribution in [0.5, 0.6) is 0 Å². The Labute approximate surface area is 123 Å². The molecule has 0 spiro atoms.